The summed E-state index contributed by atoms with van der Waals surface area (Å²) >= 11 is 12.4. The molecule has 3 nitrogen and oxygen atoms in total. The number of halogens is 2. The van der Waals surface area contributed by atoms with E-state index in [-0.39, 0.29) is 0 Å². The van der Waals surface area contributed by atoms with Gasteiger partial charge in [-0.2, -0.15) is 0 Å². The molecule has 1 aromatic heterocycles. The van der Waals surface area contributed by atoms with Gasteiger partial charge in [-0.15, -0.1) is 0 Å². The Morgan fingerprint density at radius 2 is 1.79 bits per heavy atom. The highest BCUT2D eigenvalue weighted by Gasteiger charge is 2.11. The summed E-state index contributed by atoms with van der Waals surface area (Å²) in [5, 5.41) is 2.10. The maximum atomic E-state index is 6.23. The lowest BCUT2D eigenvalue weighted by atomic mass is 10.1. The molecule has 1 heterocycles. The Morgan fingerprint density at radius 1 is 1.04 bits per heavy atom. The first-order chi connectivity index (χ1) is 11.5. The van der Waals surface area contributed by atoms with Gasteiger partial charge < -0.3 is 9.72 Å². The number of fused-ring (bicyclic) bond motifs is 1. The first-order valence-corrected chi connectivity index (χ1v) is 8.62. The number of nitrogens with zero attached hydrogens (tertiary/aromatic N) is 1. The topological polar surface area (TPSA) is 28.3 Å². The van der Waals surface area contributed by atoms with Crippen LogP contribution in [0.1, 0.15) is 11.1 Å². The quantitative estimate of drug-likeness (QED) is 0.644. The van der Waals surface area contributed by atoms with Gasteiger partial charge in [0.15, 0.2) is 0 Å². The van der Waals surface area contributed by atoms with E-state index in [1.54, 1.807) is 6.20 Å². The van der Waals surface area contributed by atoms with E-state index in [2.05, 4.69) is 48.1 Å². The van der Waals surface area contributed by atoms with Gasteiger partial charge in [-0.3, -0.25) is 4.90 Å². The van der Waals surface area contributed by atoms with Gasteiger partial charge in [0.05, 0.1) is 20.9 Å². The van der Waals surface area contributed by atoms with Gasteiger partial charge in [0.2, 0.25) is 0 Å². The van der Waals surface area contributed by atoms with Crippen LogP contribution < -0.4 is 4.74 Å². The number of aromatic amines is 1. The lowest BCUT2D eigenvalue weighted by molar-refractivity contribution is 0.234. The van der Waals surface area contributed by atoms with Crippen molar-refractivity contribution in [3.8, 4) is 5.75 Å². The number of likely N-dealkylation sites (N-methyl/N-ethyl adjacent to an activating group) is 1. The summed E-state index contributed by atoms with van der Waals surface area (Å²) in [6.45, 7) is 4.39. The Hall–Kier alpha value is -1.68. The molecule has 0 spiro atoms. The minimum absolute atomic E-state index is 0.584. The van der Waals surface area contributed by atoms with Crippen molar-refractivity contribution >= 4 is 34.1 Å². The minimum Gasteiger partial charge on any atom is -0.491 e. The van der Waals surface area contributed by atoms with Gasteiger partial charge >= 0.3 is 0 Å². The van der Waals surface area contributed by atoms with Crippen LogP contribution in [0.4, 0.5) is 0 Å². The molecule has 5 heteroatoms. The number of H-pyrrole nitrogens is 1. The molecular formula is C19H20Cl2N2O. The number of nitrogens with one attached hydrogen (secondary N) is 1. The van der Waals surface area contributed by atoms with Gasteiger partial charge in [-0.1, -0.05) is 53.0 Å². The first-order valence-electron chi connectivity index (χ1n) is 7.86. The summed E-state index contributed by atoms with van der Waals surface area (Å²) in [5.74, 6) is 0.754. The van der Waals surface area contributed by atoms with Crippen molar-refractivity contribution in [2.45, 2.75) is 13.5 Å². The molecule has 0 aliphatic carbocycles. The molecule has 0 atom stereocenters. The number of ether oxygens (including phenoxy) is 1. The van der Waals surface area contributed by atoms with E-state index in [0.29, 0.717) is 16.7 Å². The van der Waals surface area contributed by atoms with Gasteiger partial charge in [-0.25, -0.2) is 0 Å². The van der Waals surface area contributed by atoms with Crippen LogP contribution in [-0.4, -0.2) is 30.1 Å². The number of hydrogen-bond acceptors (Lipinski definition) is 2. The number of hydrogen-bond donors (Lipinski definition) is 1. The molecule has 0 fully saturated rings. The highest BCUT2D eigenvalue weighted by molar-refractivity contribution is 6.40. The zero-order valence-electron chi connectivity index (χ0n) is 13.8. The maximum absolute atomic E-state index is 6.23. The monoisotopic (exact) mass is 362 g/mol. The molecule has 0 saturated heterocycles. The fraction of sp³-hybridized carbons (Fsp3) is 0.263. The van der Waals surface area contributed by atoms with Gasteiger partial charge in [0, 0.05) is 19.3 Å². The molecule has 0 radical (unpaired) electrons. The van der Waals surface area contributed by atoms with E-state index in [1.807, 2.05) is 12.1 Å². The van der Waals surface area contributed by atoms with Crippen molar-refractivity contribution in [2.24, 2.45) is 0 Å². The average molecular weight is 363 g/mol. The molecule has 24 heavy (non-hydrogen) atoms. The third-order valence-electron chi connectivity index (χ3n) is 4.00. The molecular weight excluding hydrogens is 343 g/mol. The number of benzene rings is 2. The molecule has 0 aliphatic rings. The summed E-state index contributed by atoms with van der Waals surface area (Å²) in [6.07, 6.45) is 1.73. The van der Waals surface area contributed by atoms with E-state index in [0.717, 1.165) is 29.7 Å². The number of rotatable bonds is 6. The molecule has 0 saturated carbocycles. The molecule has 0 unspecified atom stereocenters. The van der Waals surface area contributed by atoms with E-state index >= 15 is 0 Å². The van der Waals surface area contributed by atoms with Crippen LogP contribution in [0.3, 0.4) is 0 Å². The van der Waals surface area contributed by atoms with Gasteiger partial charge in [0.25, 0.3) is 0 Å². The van der Waals surface area contributed by atoms with Crippen LogP contribution in [0.15, 0.2) is 42.6 Å². The van der Waals surface area contributed by atoms with E-state index in [4.69, 9.17) is 27.9 Å². The zero-order valence-corrected chi connectivity index (χ0v) is 15.3. The van der Waals surface area contributed by atoms with Crippen molar-refractivity contribution in [3.63, 3.8) is 0 Å². The first kappa shape index (κ1) is 17.2. The second kappa shape index (κ2) is 7.47. The molecule has 126 valence electrons. The summed E-state index contributed by atoms with van der Waals surface area (Å²) < 4.78 is 5.94. The third-order valence-corrected chi connectivity index (χ3v) is 4.62. The Bertz CT molecular complexity index is 827. The largest absolute Gasteiger partial charge is 0.491 e. The van der Waals surface area contributed by atoms with Crippen molar-refractivity contribution in [1.29, 1.82) is 0 Å². The second-order valence-electron chi connectivity index (χ2n) is 6.00. The van der Waals surface area contributed by atoms with Crippen LogP contribution in [0.2, 0.25) is 10.0 Å². The van der Waals surface area contributed by atoms with E-state index in [9.17, 15) is 0 Å². The van der Waals surface area contributed by atoms with Crippen LogP contribution in [-0.2, 0) is 6.54 Å². The Balaban J connectivity index is 1.59. The van der Waals surface area contributed by atoms with Crippen molar-refractivity contribution in [3.05, 3.63) is 63.8 Å². The summed E-state index contributed by atoms with van der Waals surface area (Å²) in [4.78, 5) is 5.31. The SMILES string of the molecule is Cc1ccc(CN(C)CCOc2ccc(Cl)c3[nH]cc(Cl)c23)cc1. The summed E-state index contributed by atoms with van der Waals surface area (Å²) in [7, 11) is 2.09. The predicted molar refractivity (Wildman–Crippen MR) is 101 cm³/mol. The second-order valence-corrected chi connectivity index (χ2v) is 6.82. The highest BCUT2D eigenvalue weighted by Crippen LogP contribution is 2.36. The van der Waals surface area contributed by atoms with Gasteiger partial charge in [0.1, 0.15) is 12.4 Å². The summed E-state index contributed by atoms with van der Waals surface area (Å²) in [5.41, 5.74) is 3.39. The zero-order chi connectivity index (χ0) is 17.1. The van der Waals surface area contributed by atoms with E-state index < -0.39 is 0 Å². The molecule has 0 aliphatic heterocycles. The molecule has 0 bridgehead atoms. The number of aryl methyl sites for hydroxylation is 1. The normalized spacial score (nSPS) is 11.4. The van der Waals surface area contributed by atoms with Crippen molar-refractivity contribution in [1.82, 2.24) is 9.88 Å². The van der Waals surface area contributed by atoms with Crippen molar-refractivity contribution in [2.75, 3.05) is 20.2 Å². The predicted octanol–water partition coefficient (Wildman–Crippen LogP) is 5.29. The van der Waals surface area contributed by atoms with E-state index in [1.165, 1.54) is 11.1 Å². The Kier molecular flexibility index (Phi) is 5.34. The van der Waals surface area contributed by atoms with Crippen LogP contribution in [0.25, 0.3) is 10.9 Å². The molecule has 1 N–H and O–H groups in total. The molecule has 3 aromatic rings. The molecule has 0 amide bonds. The smallest absolute Gasteiger partial charge is 0.130 e. The van der Waals surface area contributed by atoms with Crippen LogP contribution >= 0.6 is 23.2 Å². The lowest BCUT2D eigenvalue weighted by Gasteiger charge is -2.17. The summed E-state index contributed by atoms with van der Waals surface area (Å²) in [6, 6.07) is 12.3. The fourth-order valence-corrected chi connectivity index (χ4v) is 3.11. The van der Waals surface area contributed by atoms with Crippen molar-refractivity contribution < 1.29 is 4.74 Å². The minimum atomic E-state index is 0.584. The third kappa shape index (κ3) is 3.86. The average Bonchev–Trinajstić information content (AvgIpc) is 2.95. The highest BCUT2D eigenvalue weighted by atomic mass is 35.5. The molecule has 3 rings (SSSR count). The molecule has 2 aromatic carbocycles. The van der Waals surface area contributed by atoms with Crippen LogP contribution in [0.5, 0.6) is 5.75 Å². The Labute approximate surface area is 152 Å². The standard InChI is InChI=1S/C19H20Cl2N2O/c1-13-3-5-14(6-4-13)12-23(2)9-10-24-17-8-7-15(20)19-18(17)16(21)11-22-19/h3-8,11,22H,9-10,12H2,1-2H3. The van der Waals surface area contributed by atoms with Gasteiger partial charge in [-0.05, 0) is 31.7 Å². The maximum Gasteiger partial charge on any atom is 0.130 e. The lowest BCUT2D eigenvalue weighted by Crippen LogP contribution is -2.23. The Morgan fingerprint density at radius 3 is 2.54 bits per heavy atom. The fourth-order valence-electron chi connectivity index (χ4n) is 2.66. The number of aromatic nitrogens is 1. The van der Waals surface area contributed by atoms with Crippen LogP contribution in [0, 0.1) is 6.92 Å².